The fraction of sp³-hybridized carbons (Fsp3) is 0.636. The summed E-state index contributed by atoms with van der Waals surface area (Å²) in [6.07, 6.45) is -1.13. The predicted octanol–water partition coefficient (Wildman–Crippen LogP) is -1.21. The molecule has 0 spiro atoms. The van der Waals surface area contributed by atoms with Gasteiger partial charge in [-0.1, -0.05) is 0 Å². The van der Waals surface area contributed by atoms with E-state index >= 15 is 0 Å². The number of carboxylic acids is 1. The lowest BCUT2D eigenvalue weighted by Gasteiger charge is -2.23. The van der Waals surface area contributed by atoms with Crippen LogP contribution in [0.25, 0.3) is 0 Å². The number of amides is 3. The Labute approximate surface area is 125 Å². The third kappa shape index (κ3) is 6.34. The lowest BCUT2D eigenvalue weighted by molar-refractivity contribution is -0.138. The first-order valence-electron chi connectivity index (χ1n) is 6.24. The summed E-state index contributed by atoms with van der Waals surface area (Å²) in [4.78, 5) is 45.9. The minimum atomic E-state index is -1.17. The van der Waals surface area contributed by atoms with Gasteiger partial charge >= 0.3 is 12.1 Å². The maximum Gasteiger partial charge on any atom is 0.407 e. The van der Waals surface area contributed by atoms with E-state index in [0.717, 1.165) is 4.90 Å². The van der Waals surface area contributed by atoms with Crippen molar-refractivity contribution in [1.29, 1.82) is 0 Å². The summed E-state index contributed by atoms with van der Waals surface area (Å²) in [6, 6.07) is -0.821. The van der Waals surface area contributed by atoms with Gasteiger partial charge in [-0.15, -0.1) is 0 Å². The molecule has 9 nitrogen and oxygen atoms in total. The largest absolute Gasteiger partial charge is 0.480 e. The molecule has 1 heterocycles. The quantitative estimate of drug-likeness (QED) is 0.512. The minimum Gasteiger partial charge on any atom is -0.480 e. The van der Waals surface area contributed by atoms with Gasteiger partial charge in [-0.25, -0.2) is 4.79 Å². The predicted molar refractivity (Wildman–Crippen MR) is 74.1 cm³/mol. The molecule has 3 amide bonds. The zero-order valence-corrected chi connectivity index (χ0v) is 12.0. The molecule has 1 rings (SSSR count). The zero-order chi connectivity index (χ0) is 15.8. The number of thioether (sulfide) groups is 1. The summed E-state index contributed by atoms with van der Waals surface area (Å²) in [5.41, 5.74) is 0. The average Bonchev–Trinajstić information content (AvgIpc) is 2.42. The molecular weight excluding hydrogens is 302 g/mol. The third-order valence-electron chi connectivity index (χ3n) is 2.73. The van der Waals surface area contributed by atoms with Crippen molar-refractivity contribution in [2.45, 2.75) is 12.5 Å². The van der Waals surface area contributed by atoms with Crippen LogP contribution in [0.5, 0.6) is 0 Å². The van der Waals surface area contributed by atoms with Crippen LogP contribution in [-0.4, -0.2) is 76.2 Å². The van der Waals surface area contributed by atoms with Gasteiger partial charge in [0.25, 0.3) is 0 Å². The van der Waals surface area contributed by atoms with E-state index in [1.165, 1.54) is 11.8 Å². The molecule has 0 aliphatic carbocycles. The molecule has 0 unspecified atom stereocenters. The number of carbonyl (C=O) groups excluding carboxylic acids is 2. The molecule has 1 atom stereocenters. The molecule has 1 aliphatic rings. The number of nitrogens with zero attached hydrogens (tertiary/aromatic N) is 1. The second-order valence-corrected chi connectivity index (χ2v) is 5.48. The molecule has 0 radical (unpaired) electrons. The number of nitrogens with one attached hydrogen (secondary N) is 2. The molecule has 1 saturated heterocycles. The topological polar surface area (TPSA) is 136 Å². The van der Waals surface area contributed by atoms with Gasteiger partial charge in [0.15, 0.2) is 0 Å². The normalized spacial score (nSPS) is 20.3. The number of aliphatic carboxylic acids is 1. The monoisotopic (exact) mass is 319 g/mol. The van der Waals surface area contributed by atoms with Crippen LogP contribution >= 0.6 is 11.8 Å². The molecular formula is C11H17N3O6S. The number of carbonyl (C=O) groups is 4. The summed E-state index contributed by atoms with van der Waals surface area (Å²) in [5.74, 6) is -1.43. The Balaban J connectivity index is 2.57. The van der Waals surface area contributed by atoms with Crippen LogP contribution in [0.3, 0.4) is 0 Å². The van der Waals surface area contributed by atoms with Crippen molar-refractivity contribution in [3.63, 3.8) is 0 Å². The molecule has 21 heavy (non-hydrogen) atoms. The minimum absolute atomic E-state index is 0.0420. The van der Waals surface area contributed by atoms with Crippen LogP contribution in [-0.2, 0) is 14.4 Å². The zero-order valence-electron chi connectivity index (χ0n) is 11.2. The highest BCUT2D eigenvalue weighted by molar-refractivity contribution is 7.99. The Hall–Kier alpha value is -1.97. The number of carboxylic acid groups (broad SMARTS) is 2. The average molecular weight is 319 g/mol. The number of rotatable bonds is 3. The van der Waals surface area contributed by atoms with E-state index in [0.29, 0.717) is 5.75 Å². The smallest absolute Gasteiger partial charge is 0.407 e. The van der Waals surface area contributed by atoms with E-state index < -0.39 is 36.5 Å². The maximum absolute atomic E-state index is 11.8. The van der Waals surface area contributed by atoms with E-state index in [2.05, 4.69) is 10.6 Å². The molecule has 118 valence electrons. The molecule has 0 aromatic heterocycles. The highest BCUT2D eigenvalue weighted by Gasteiger charge is 2.23. The van der Waals surface area contributed by atoms with Gasteiger partial charge in [0.05, 0.1) is 0 Å². The van der Waals surface area contributed by atoms with Crippen LogP contribution in [0, 0.1) is 0 Å². The summed E-state index contributed by atoms with van der Waals surface area (Å²) < 4.78 is 0. The molecule has 1 aliphatic heterocycles. The summed E-state index contributed by atoms with van der Waals surface area (Å²) in [6.45, 7) is -0.176. The maximum atomic E-state index is 11.8. The molecule has 1 fully saturated rings. The van der Waals surface area contributed by atoms with Gasteiger partial charge in [0.2, 0.25) is 11.8 Å². The van der Waals surface area contributed by atoms with Gasteiger partial charge in [-0.05, 0) is 0 Å². The van der Waals surface area contributed by atoms with Crippen LogP contribution in [0.1, 0.15) is 6.42 Å². The van der Waals surface area contributed by atoms with Crippen molar-refractivity contribution in [3.05, 3.63) is 0 Å². The van der Waals surface area contributed by atoms with Gasteiger partial charge in [-0.2, -0.15) is 11.8 Å². The Morgan fingerprint density at radius 3 is 2.67 bits per heavy atom. The number of hydrogen-bond donors (Lipinski definition) is 4. The van der Waals surface area contributed by atoms with E-state index in [9.17, 15) is 19.2 Å². The summed E-state index contributed by atoms with van der Waals surface area (Å²) in [5, 5.41) is 22.1. The van der Waals surface area contributed by atoms with E-state index in [-0.39, 0.29) is 25.3 Å². The SMILES string of the molecule is O=C(O)CNC(=O)[C@@H]1CSCCN(C(=O)O)CCC(=O)N1. The van der Waals surface area contributed by atoms with Crippen LogP contribution in [0.15, 0.2) is 0 Å². The molecule has 0 aromatic rings. The van der Waals surface area contributed by atoms with E-state index in [1.54, 1.807) is 0 Å². The lowest BCUT2D eigenvalue weighted by Crippen LogP contribution is -2.50. The first-order valence-corrected chi connectivity index (χ1v) is 7.40. The first kappa shape index (κ1) is 17.1. The Kier molecular flexibility index (Phi) is 6.79. The van der Waals surface area contributed by atoms with Crippen molar-refractivity contribution in [2.75, 3.05) is 31.1 Å². The highest BCUT2D eigenvalue weighted by atomic mass is 32.2. The lowest BCUT2D eigenvalue weighted by atomic mass is 10.2. The van der Waals surface area contributed by atoms with Crippen molar-refractivity contribution < 1.29 is 29.4 Å². The van der Waals surface area contributed by atoms with Crippen LogP contribution < -0.4 is 10.6 Å². The Morgan fingerprint density at radius 1 is 1.33 bits per heavy atom. The third-order valence-corrected chi connectivity index (χ3v) is 3.78. The molecule has 4 N–H and O–H groups in total. The van der Waals surface area contributed by atoms with Crippen LogP contribution in [0.2, 0.25) is 0 Å². The number of hydrogen-bond acceptors (Lipinski definition) is 5. The molecule has 0 bridgehead atoms. The summed E-state index contributed by atoms with van der Waals surface area (Å²) >= 11 is 1.32. The van der Waals surface area contributed by atoms with Crippen molar-refractivity contribution in [1.82, 2.24) is 15.5 Å². The Bertz CT molecular complexity index is 430. The first-order chi connectivity index (χ1) is 9.90. The van der Waals surface area contributed by atoms with Gasteiger partial charge in [0.1, 0.15) is 12.6 Å². The van der Waals surface area contributed by atoms with E-state index in [1.807, 2.05) is 0 Å². The molecule has 0 aromatic carbocycles. The van der Waals surface area contributed by atoms with Crippen molar-refractivity contribution in [2.24, 2.45) is 0 Å². The second kappa shape index (κ2) is 8.35. The van der Waals surface area contributed by atoms with Crippen molar-refractivity contribution in [3.8, 4) is 0 Å². The molecule has 0 saturated carbocycles. The fourth-order valence-electron chi connectivity index (χ4n) is 1.65. The fourth-order valence-corrected chi connectivity index (χ4v) is 2.64. The van der Waals surface area contributed by atoms with Crippen molar-refractivity contribution >= 4 is 35.6 Å². The van der Waals surface area contributed by atoms with Gasteiger partial charge < -0.3 is 25.7 Å². The molecule has 10 heteroatoms. The van der Waals surface area contributed by atoms with Gasteiger partial charge in [-0.3, -0.25) is 14.4 Å². The second-order valence-electron chi connectivity index (χ2n) is 4.33. The van der Waals surface area contributed by atoms with Crippen LogP contribution in [0.4, 0.5) is 4.79 Å². The standard InChI is InChI=1S/C11H17N3O6S/c15-8-1-2-14(11(19)20)3-4-21-6-7(13-8)10(18)12-5-9(16)17/h7H,1-6H2,(H,12,18)(H,13,15)(H,16,17)(H,19,20)/t7-/m0/s1. The summed E-state index contributed by atoms with van der Waals surface area (Å²) in [7, 11) is 0. The van der Waals surface area contributed by atoms with Gasteiger partial charge in [0, 0.05) is 31.0 Å². The van der Waals surface area contributed by atoms with E-state index in [4.69, 9.17) is 10.2 Å². The highest BCUT2D eigenvalue weighted by Crippen LogP contribution is 2.07. The Morgan fingerprint density at radius 2 is 2.05 bits per heavy atom.